The molecule has 0 bridgehead atoms. The molecule has 0 radical (unpaired) electrons. The van der Waals surface area contributed by atoms with Crippen LogP contribution in [0.2, 0.25) is 0 Å². The summed E-state index contributed by atoms with van der Waals surface area (Å²) >= 11 is 1.24. The topological polar surface area (TPSA) is 74.5 Å². The number of hydrogen-bond acceptors (Lipinski definition) is 7. The molecule has 122 valence electrons. The number of esters is 1. The maximum absolute atomic E-state index is 11.6. The Morgan fingerprint density at radius 3 is 2.91 bits per heavy atom. The van der Waals surface area contributed by atoms with Crippen molar-refractivity contribution in [2.24, 2.45) is 0 Å². The standard InChI is InChI=1S/C16H18N2O4S/c1-9-4-5-10(2)12(6-9)20-8-14-17-18-16(22-14)23-13-7-11(3)21-15(13)19/h4-6,11,13H,7-8H2,1-3H3. The number of carbonyl (C=O) groups is 1. The summed E-state index contributed by atoms with van der Waals surface area (Å²) in [5.74, 6) is 0.951. The van der Waals surface area contributed by atoms with E-state index in [1.165, 1.54) is 11.8 Å². The lowest BCUT2D eigenvalue weighted by Gasteiger charge is -2.07. The number of carbonyl (C=O) groups excluding carboxylic acids is 1. The average Bonchev–Trinajstić information content (AvgIpc) is 3.07. The molecule has 1 saturated heterocycles. The van der Waals surface area contributed by atoms with Crippen molar-refractivity contribution in [1.82, 2.24) is 10.2 Å². The first-order valence-electron chi connectivity index (χ1n) is 7.41. The van der Waals surface area contributed by atoms with E-state index < -0.39 is 0 Å². The molecule has 0 amide bonds. The smallest absolute Gasteiger partial charge is 0.320 e. The van der Waals surface area contributed by atoms with Crippen molar-refractivity contribution in [2.45, 2.75) is 50.4 Å². The minimum absolute atomic E-state index is 0.0602. The SMILES string of the molecule is Cc1ccc(C)c(OCc2nnc(SC3CC(C)OC3=O)o2)c1. The Hall–Kier alpha value is -2.02. The van der Waals surface area contributed by atoms with Crippen LogP contribution in [0.15, 0.2) is 27.8 Å². The molecule has 2 atom stereocenters. The van der Waals surface area contributed by atoms with Gasteiger partial charge in [0.25, 0.3) is 11.1 Å². The highest BCUT2D eigenvalue weighted by Crippen LogP contribution is 2.31. The van der Waals surface area contributed by atoms with Gasteiger partial charge in [0.1, 0.15) is 17.1 Å². The summed E-state index contributed by atoms with van der Waals surface area (Å²) in [6.45, 7) is 6.06. The molecule has 2 unspecified atom stereocenters. The molecule has 0 saturated carbocycles. The molecule has 7 heteroatoms. The van der Waals surface area contributed by atoms with Crippen molar-refractivity contribution in [2.75, 3.05) is 0 Å². The zero-order valence-electron chi connectivity index (χ0n) is 13.2. The van der Waals surface area contributed by atoms with Crippen LogP contribution in [0, 0.1) is 13.8 Å². The third kappa shape index (κ3) is 3.85. The van der Waals surface area contributed by atoms with Crippen LogP contribution in [0.5, 0.6) is 5.75 Å². The number of aryl methyl sites for hydroxylation is 2. The highest BCUT2D eigenvalue weighted by molar-refractivity contribution is 8.00. The first-order valence-corrected chi connectivity index (χ1v) is 8.29. The van der Waals surface area contributed by atoms with Crippen LogP contribution in [0.4, 0.5) is 0 Å². The molecule has 0 aliphatic carbocycles. The third-order valence-corrected chi connectivity index (χ3v) is 4.55. The molecule has 1 aromatic heterocycles. The van der Waals surface area contributed by atoms with Gasteiger partial charge in [0.2, 0.25) is 0 Å². The monoisotopic (exact) mass is 334 g/mol. The minimum Gasteiger partial charge on any atom is -0.484 e. The number of hydrogen-bond donors (Lipinski definition) is 0. The maximum atomic E-state index is 11.6. The van der Waals surface area contributed by atoms with Crippen LogP contribution in [-0.4, -0.2) is 27.5 Å². The first kappa shape index (κ1) is 15.9. The Bertz CT molecular complexity index is 716. The number of thioether (sulfide) groups is 1. The Balaban J connectivity index is 1.59. The molecule has 0 spiro atoms. The van der Waals surface area contributed by atoms with E-state index >= 15 is 0 Å². The van der Waals surface area contributed by atoms with Crippen molar-refractivity contribution < 1.29 is 18.7 Å². The molecular formula is C16H18N2O4S. The summed E-state index contributed by atoms with van der Waals surface area (Å²) in [4.78, 5) is 11.6. The lowest BCUT2D eigenvalue weighted by molar-refractivity contribution is -0.140. The Labute approximate surface area is 138 Å². The summed E-state index contributed by atoms with van der Waals surface area (Å²) < 4.78 is 16.4. The van der Waals surface area contributed by atoms with Gasteiger partial charge in [-0.25, -0.2) is 0 Å². The van der Waals surface area contributed by atoms with Crippen molar-refractivity contribution in [3.05, 3.63) is 35.2 Å². The summed E-state index contributed by atoms with van der Waals surface area (Å²) in [5.41, 5.74) is 2.17. The molecule has 0 N–H and O–H groups in total. The third-order valence-electron chi connectivity index (χ3n) is 3.51. The molecule has 2 aromatic rings. The molecule has 23 heavy (non-hydrogen) atoms. The lowest BCUT2D eigenvalue weighted by atomic mass is 10.1. The van der Waals surface area contributed by atoms with Gasteiger partial charge in [-0.2, -0.15) is 0 Å². The van der Waals surface area contributed by atoms with Gasteiger partial charge in [-0.1, -0.05) is 12.1 Å². The molecule has 2 heterocycles. The second-order valence-corrected chi connectivity index (χ2v) is 6.76. The highest BCUT2D eigenvalue weighted by Gasteiger charge is 2.34. The van der Waals surface area contributed by atoms with Crippen molar-refractivity contribution in [1.29, 1.82) is 0 Å². The van der Waals surface area contributed by atoms with E-state index in [9.17, 15) is 4.79 Å². The molecule has 3 rings (SSSR count). The molecule has 1 aromatic carbocycles. The van der Waals surface area contributed by atoms with E-state index in [0.717, 1.165) is 16.9 Å². The fourth-order valence-electron chi connectivity index (χ4n) is 2.28. The van der Waals surface area contributed by atoms with E-state index in [1.54, 1.807) is 0 Å². The molecule has 6 nitrogen and oxygen atoms in total. The lowest BCUT2D eigenvalue weighted by Crippen LogP contribution is -2.09. The highest BCUT2D eigenvalue weighted by atomic mass is 32.2. The van der Waals surface area contributed by atoms with E-state index in [4.69, 9.17) is 13.9 Å². The number of cyclic esters (lactones) is 1. The van der Waals surface area contributed by atoms with Crippen molar-refractivity contribution >= 4 is 17.7 Å². The van der Waals surface area contributed by atoms with E-state index in [-0.39, 0.29) is 23.9 Å². The maximum Gasteiger partial charge on any atom is 0.320 e. The van der Waals surface area contributed by atoms with Gasteiger partial charge >= 0.3 is 5.97 Å². The van der Waals surface area contributed by atoms with Crippen LogP contribution < -0.4 is 4.74 Å². The summed E-state index contributed by atoms with van der Waals surface area (Å²) in [7, 11) is 0. The Morgan fingerprint density at radius 1 is 1.35 bits per heavy atom. The Morgan fingerprint density at radius 2 is 2.17 bits per heavy atom. The van der Waals surface area contributed by atoms with Gasteiger partial charge in [0, 0.05) is 6.42 Å². The van der Waals surface area contributed by atoms with Crippen LogP contribution in [-0.2, 0) is 16.1 Å². The van der Waals surface area contributed by atoms with Crippen LogP contribution >= 0.6 is 11.8 Å². The number of rotatable bonds is 5. The fraction of sp³-hybridized carbons (Fsp3) is 0.438. The van der Waals surface area contributed by atoms with Crippen molar-refractivity contribution in [3.8, 4) is 5.75 Å². The molecule has 1 aliphatic heterocycles. The van der Waals surface area contributed by atoms with Gasteiger partial charge in [-0.3, -0.25) is 4.79 Å². The quantitative estimate of drug-likeness (QED) is 0.778. The Kier molecular flexibility index (Phi) is 4.56. The van der Waals surface area contributed by atoms with Crippen LogP contribution in [0.1, 0.15) is 30.4 Å². The van der Waals surface area contributed by atoms with E-state index in [2.05, 4.69) is 10.2 Å². The van der Waals surface area contributed by atoms with Gasteiger partial charge in [0.15, 0.2) is 6.61 Å². The second-order valence-electron chi connectivity index (χ2n) is 5.61. The van der Waals surface area contributed by atoms with Gasteiger partial charge in [-0.05, 0) is 49.7 Å². The zero-order chi connectivity index (χ0) is 16.4. The predicted molar refractivity (Wildman–Crippen MR) is 84.4 cm³/mol. The number of aromatic nitrogens is 2. The van der Waals surface area contributed by atoms with Gasteiger partial charge in [-0.15, -0.1) is 10.2 Å². The van der Waals surface area contributed by atoms with E-state index in [1.807, 2.05) is 39.0 Å². The second kappa shape index (κ2) is 6.62. The average molecular weight is 334 g/mol. The van der Waals surface area contributed by atoms with Gasteiger partial charge in [0.05, 0.1) is 0 Å². The molecule has 1 aliphatic rings. The predicted octanol–water partition coefficient (Wildman–Crippen LogP) is 3.06. The van der Waals surface area contributed by atoms with Gasteiger partial charge < -0.3 is 13.9 Å². The molecule has 1 fully saturated rings. The van der Waals surface area contributed by atoms with E-state index in [0.29, 0.717) is 17.5 Å². The summed E-state index contributed by atoms with van der Waals surface area (Å²) in [5, 5.41) is 7.99. The zero-order valence-corrected chi connectivity index (χ0v) is 14.1. The van der Waals surface area contributed by atoms with Crippen molar-refractivity contribution in [3.63, 3.8) is 0 Å². The molecular weight excluding hydrogens is 316 g/mol. The summed E-state index contributed by atoms with van der Waals surface area (Å²) in [6, 6.07) is 6.01. The number of benzene rings is 1. The number of nitrogens with zero attached hydrogens (tertiary/aromatic N) is 2. The number of ether oxygens (including phenoxy) is 2. The fourth-order valence-corrected chi connectivity index (χ4v) is 3.28. The largest absolute Gasteiger partial charge is 0.484 e. The van der Waals surface area contributed by atoms with Crippen LogP contribution in [0.25, 0.3) is 0 Å². The van der Waals surface area contributed by atoms with Crippen LogP contribution in [0.3, 0.4) is 0 Å². The normalized spacial score (nSPS) is 20.6. The first-order chi connectivity index (χ1) is 11.0. The minimum atomic E-state index is -0.279. The summed E-state index contributed by atoms with van der Waals surface area (Å²) in [6.07, 6.45) is 0.593.